The van der Waals surface area contributed by atoms with Gasteiger partial charge < -0.3 is 15.4 Å². The van der Waals surface area contributed by atoms with E-state index in [-0.39, 0.29) is 12.1 Å². The third kappa shape index (κ3) is 3.76. The van der Waals surface area contributed by atoms with Crippen molar-refractivity contribution in [1.82, 2.24) is 5.32 Å². The van der Waals surface area contributed by atoms with Gasteiger partial charge in [-0.3, -0.25) is 0 Å². The molecule has 1 aliphatic heterocycles. The van der Waals surface area contributed by atoms with Gasteiger partial charge in [0.2, 0.25) is 0 Å². The van der Waals surface area contributed by atoms with Crippen LogP contribution in [0, 0.1) is 12.8 Å². The molecule has 120 valence electrons. The molecule has 0 unspecified atom stereocenters. The summed E-state index contributed by atoms with van der Waals surface area (Å²) in [6, 6.07) is 6.12. The zero-order chi connectivity index (χ0) is 15.5. The Morgan fingerprint density at radius 1 is 1.32 bits per heavy atom. The van der Waals surface area contributed by atoms with Gasteiger partial charge in [0.05, 0.1) is 6.10 Å². The fraction of sp³-hybridized carbons (Fsp3) is 0.588. The van der Waals surface area contributed by atoms with Crippen LogP contribution in [0.1, 0.15) is 31.2 Å². The number of amides is 2. The van der Waals surface area contributed by atoms with Gasteiger partial charge in [0.15, 0.2) is 0 Å². The zero-order valence-electron chi connectivity index (χ0n) is 13.2. The molecule has 2 atom stereocenters. The van der Waals surface area contributed by atoms with Crippen LogP contribution in [-0.2, 0) is 4.74 Å². The molecule has 0 spiro atoms. The maximum Gasteiger partial charge on any atom is 0.319 e. The van der Waals surface area contributed by atoms with Crippen LogP contribution in [0.5, 0.6) is 0 Å². The fourth-order valence-electron chi connectivity index (χ4n) is 3.07. The molecule has 0 bridgehead atoms. The molecule has 2 fully saturated rings. The Balaban J connectivity index is 1.56. The predicted molar refractivity (Wildman–Crippen MR) is 90.6 cm³/mol. The molecule has 0 aromatic heterocycles. The van der Waals surface area contributed by atoms with Crippen LogP contribution in [0.25, 0.3) is 0 Å². The molecule has 2 amide bonds. The average Bonchev–Trinajstić information content (AvgIpc) is 3.34. The van der Waals surface area contributed by atoms with E-state index < -0.39 is 0 Å². The second-order valence-electron chi connectivity index (χ2n) is 6.20. The summed E-state index contributed by atoms with van der Waals surface area (Å²) in [5, 5.41) is 6.10. The number of anilines is 1. The van der Waals surface area contributed by atoms with Gasteiger partial charge in [-0.25, -0.2) is 4.79 Å². The van der Waals surface area contributed by atoms with E-state index >= 15 is 0 Å². The quantitative estimate of drug-likeness (QED) is 0.830. The normalized spacial score (nSPS) is 24.8. The standard InChI is InChI=1S/C17H24N2O2S/c1-11-14(4-3-5-16(11)22-2)19-17(20)18-13-8-9-21-15(10-13)12-6-7-12/h3-5,12-13,15H,6-10H2,1-2H3,(H2,18,19,20)/t13-,15+/m1/s1. The monoisotopic (exact) mass is 320 g/mol. The van der Waals surface area contributed by atoms with Gasteiger partial charge in [-0.2, -0.15) is 0 Å². The number of hydrogen-bond donors (Lipinski definition) is 2. The van der Waals surface area contributed by atoms with Gasteiger partial charge in [-0.05, 0) is 62.5 Å². The number of nitrogens with one attached hydrogen (secondary N) is 2. The molecule has 1 heterocycles. The number of hydrogen-bond acceptors (Lipinski definition) is 3. The summed E-state index contributed by atoms with van der Waals surface area (Å²) in [6.45, 7) is 2.80. The van der Waals surface area contributed by atoms with E-state index in [0.717, 1.165) is 36.6 Å². The van der Waals surface area contributed by atoms with Crippen molar-refractivity contribution in [2.24, 2.45) is 5.92 Å². The van der Waals surface area contributed by atoms with E-state index in [0.29, 0.717) is 6.10 Å². The van der Waals surface area contributed by atoms with E-state index in [9.17, 15) is 4.79 Å². The van der Waals surface area contributed by atoms with E-state index in [1.165, 1.54) is 17.7 Å². The molecule has 3 rings (SSSR count). The lowest BCUT2D eigenvalue weighted by Crippen LogP contribution is -2.44. The number of benzene rings is 1. The van der Waals surface area contributed by atoms with Gasteiger partial charge in [0.25, 0.3) is 0 Å². The van der Waals surface area contributed by atoms with Crippen LogP contribution < -0.4 is 10.6 Å². The first-order valence-electron chi connectivity index (χ1n) is 8.00. The number of urea groups is 1. The summed E-state index contributed by atoms with van der Waals surface area (Å²) in [5.41, 5.74) is 2.00. The number of ether oxygens (including phenoxy) is 1. The van der Waals surface area contributed by atoms with Crippen molar-refractivity contribution in [3.05, 3.63) is 23.8 Å². The van der Waals surface area contributed by atoms with Crippen molar-refractivity contribution in [2.45, 2.75) is 49.6 Å². The summed E-state index contributed by atoms with van der Waals surface area (Å²) < 4.78 is 5.81. The minimum Gasteiger partial charge on any atom is -0.378 e. The van der Waals surface area contributed by atoms with Gasteiger partial charge in [0, 0.05) is 23.2 Å². The van der Waals surface area contributed by atoms with E-state index in [1.807, 2.05) is 25.3 Å². The SMILES string of the molecule is CSc1cccc(NC(=O)N[C@@H]2CCO[C@H](C3CC3)C2)c1C. The summed E-state index contributed by atoms with van der Waals surface area (Å²) in [4.78, 5) is 13.4. The number of carbonyl (C=O) groups is 1. The van der Waals surface area contributed by atoms with Crippen LogP contribution in [0.4, 0.5) is 10.5 Å². The van der Waals surface area contributed by atoms with Crippen molar-refractivity contribution in [2.75, 3.05) is 18.2 Å². The number of carbonyl (C=O) groups excluding carboxylic acids is 1. The first-order chi connectivity index (χ1) is 10.7. The molecule has 1 aliphatic carbocycles. The van der Waals surface area contributed by atoms with Crippen LogP contribution in [0.2, 0.25) is 0 Å². The Bertz CT molecular complexity index is 545. The van der Waals surface area contributed by atoms with E-state index in [1.54, 1.807) is 11.8 Å². The lowest BCUT2D eigenvalue weighted by Gasteiger charge is -2.30. The molecule has 5 heteroatoms. The molecule has 1 saturated heterocycles. The summed E-state index contributed by atoms with van der Waals surface area (Å²) in [7, 11) is 0. The predicted octanol–water partition coefficient (Wildman–Crippen LogP) is 3.80. The minimum absolute atomic E-state index is 0.109. The Kier molecular flexibility index (Phi) is 4.93. The van der Waals surface area contributed by atoms with Crippen molar-refractivity contribution < 1.29 is 9.53 Å². The molecule has 22 heavy (non-hydrogen) atoms. The average molecular weight is 320 g/mol. The van der Waals surface area contributed by atoms with Crippen molar-refractivity contribution >= 4 is 23.5 Å². The van der Waals surface area contributed by atoms with Crippen LogP contribution >= 0.6 is 11.8 Å². The Hall–Kier alpha value is -1.20. The second-order valence-corrected chi connectivity index (χ2v) is 7.05. The molecule has 1 aromatic rings. The Labute approximate surface area is 136 Å². The zero-order valence-corrected chi connectivity index (χ0v) is 14.0. The highest BCUT2D eigenvalue weighted by atomic mass is 32.2. The van der Waals surface area contributed by atoms with Crippen molar-refractivity contribution in [3.8, 4) is 0 Å². The lowest BCUT2D eigenvalue weighted by atomic mass is 10.0. The molecular weight excluding hydrogens is 296 g/mol. The third-order valence-corrected chi connectivity index (χ3v) is 5.43. The molecule has 1 aromatic carbocycles. The Morgan fingerprint density at radius 2 is 2.14 bits per heavy atom. The fourth-order valence-corrected chi connectivity index (χ4v) is 3.70. The highest BCUT2D eigenvalue weighted by Gasteiger charge is 2.36. The summed E-state index contributed by atoms with van der Waals surface area (Å²) in [6.07, 6.45) is 6.81. The van der Waals surface area contributed by atoms with Crippen molar-refractivity contribution in [1.29, 1.82) is 0 Å². The van der Waals surface area contributed by atoms with Gasteiger partial charge in [-0.1, -0.05) is 6.07 Å². The highest BCUT2D eigenvalue weighted by molar-refractivity contribution is 7.98. The second kappa shape index (κ2) is 6.92. The third-order valence-electron chi connectivity index (χ3n) is 4.55. The molecule has 4 nitrogen and oxygen atoms in total. The largest absolute Gasteiger partial charge is 0.378 e. The highest BCUT2D eigenvalue weighted by Crippen LogP contribution is 2.38. The molecule has 1 saturated carbocycles. The first kappa shape index (κ1) is 15.7. The van der Waals surface area contributed by atoms with Gasteiger partial charge >= 0.3 is 6.03 Å². The maximum absolute atomic E-state index is 12.3. The van der Waals surface area contributed by atoms with E-state index in [2.05, 4.69) is 16.7 Å². The molecule has 2 aliphatic rings. The van der Waals surface area contributed by atoms with Crippen LogP contribution in [0.15, 0.2) is 23.1 Å². The molecular formula is C17H24N2O2S. The number of thioether (sulfide) groups is 1. The first-order valence-corrected chi connectivity index (χ1v) is 9.22. The molecule has 0 radical (unpaired) electrons. The summed E-state index contributed by atoms with van der Waals surface area (Å²) >= 11 is 1.69. The number of rotatable bonds is 4. The Morgan fingerprint density at radius 3 is 2.86 bits per heavy atom. The van der Waals surface area contributed by atoms with Crippen LogP contribution in [-0.4, -0.2) is 31.0 Å². The lowest BCUT2D eigenvalue weighted by molar-refractivity contribution is -0.00889. The smallest absolute Gasteiger partial charge is 0.319 e. The van der Waals surface area contributed by atoms with Crippen LogP contribution in [0.3, 0.4) is 0 Å². The van der Waals surface area contributed by atoms with Crippen molar-refractivity contribution in [3.63, 3.8) is 0 Å². The topological polar surface area (TPSA) is 50.4 Å². The van der Waals surface area contributed by atoms with Gasteiger partial charge in [-0.15, -0.1) is 11.8 Å². The maximum atomic E-state index is 12.3. The van der Waals surface area contributed by atoms with E-state index in [4.69, 9.17) is 4.74 Å². The minimum atomic E-state index is -0.109. The summed E-state index contributed by atoms with van der Waals surface area (Å²) in [5.74, 6) is 0.730. The van der Waals surface area contributed by atoms with Gasteiger partial charge in [0.1, 0.15) is 0 Å². The molecule has 2 N–H and O–H groups in total.